The maximum Gasteiger partial charge on any atom is 0.272 e. The van der Waals surface area contributed by atoms with E-state index in [0.717, 1.165) is 18.5 Å². The third-order valence-corrected chi connectivity index (χ3v) is 5.28. The Labute approximate surface area is 168 Å². The van der Waals surface area contributed by atoms with E-state index in [2.05, 4.69) is 20.4 Å². The molecule has 1 saturated heterocycles. The summed E-state index contributed by atoms with van der Waals surface area (Å²) in [6, 6.07) is 3.56. The minimum atomic E-state index is -0.0755. The van der Waals surface area contributed by atoms with E-state index in [1.165, 1.54) is 0 Å². The molecular formula is C20H24N6O3. The molecule has 0 bridgehead atoms. The molecule has 0 atom stereocenters. The Kier molecular flexibility index (Phi) is 5.28. The van der Waals surface area contributed by atoms with E-state index in [9.17, 15) is 9.59 Å². The van der Waals surface area contributed by atoms with Crippen LogP contribution in [0.1, 0.15) is 40.5 Å². The molecule has 4 heterocycles. The van der Waals surface area contributed by atoms with Gasteiger partial charge in [0, 0.05) is 38.1 Å². The zero-order valence-corrected chi connectivity index (χ0v) is 16.6. The zero-order valence-electron chi connectivity index (χ0n) is 16.6. The van der Waals surface area contributed by atoms with Crippen molar-refractivity contribution in [1.82, 2.24) is 29.7 Å². The van der Waals surface area contributed by atoms with Gasteiger partial charge in [0.05, 0.1) is 17.8 Å². The molecular weight excluding hydrogens is 372 g/mol. The van der Waals surface area contributed by atoms with Crippen LogP contribution in [-0.2, 0) is 11.2 Å². The standard InChI is InChI=1S/C20H24N6O3/c1-13-10-16(29-24-13)11-17(27)22-12-15-4-8-25(9-5-15)19(28)18-14(2)23-20-21-6-3-7-26(18)20/h3,6-7,10,15H,4-5,8-9,11-12H2,1-2H3,(H,22,27). The predicted octanol–water partition coefficient (Wildman–Crippen LogP) is 1.55. The van der Waals surface area contributed by atoms with E-state index in [4.69, 9.17) is 4.52 Å². The number of rotatable bonds is 5. The predicted molar refractivity (Wildman–Crippen MR) is 104 cm³/mol. The number of likely N-dealkylation sites (tertiary alicyclic amines) is 1. The molecule has 0 radical (unpaired) electrons. The van der Waals surface area contributed by atoms with Crippen LogP contribution in [0.25, 0.3) is 5.78 Å². The monoisotopic (exact) mass is 396 g/mol. The minimum absolute atomic E-state index is 0.0221. The third-order valence-electron chi connectivity index (χ3n) is 5.28. The number of nitrogens with one attached hydrogen (secondary N) is 1. The van der Waals surface area contributed by atoms with Crippen molar-refractivity contribution in [2.45, 2.75) is 33.1 Å². The summed E-state index contributed by atoms with van der Waals surface area (Å²) in [5.74, 6) is 1.36. The van der Waals surface area contributed by atoms with Crippen LogP contribution in [0.2, 0.25) is 0 Å². The van der Waals surface area contributed by atoms with Crippen molar-refractivity contribution in [3.8, 4) is 0 Å². The summed E-state index contributed by atoms with van der Waals surface area (Å²) >= 11 is 0. The SMILES string of the molecule is Cc1cc(CC(=O)NCC2CCN(C(=O)c3c(C)nc4ncccn34)CC2)on1. The van der Waals surface area contributed by atoms with Gasteiger partial charge >= 0.3 is 0 Å². The zero-order chi connectivity index (χ0) is 20.4. The molecule has 2 amide bonds. The summed E-state index contributed by atoms with van der Waals surface area (Å²) in [5.41, 5.74) is 2.02. The van der Waals surface area contributed by atoms with Gasteiger partial charge in [-0.25, -0.2) is 9.97 Å². The number of carbonyl (C=O) groups excluding carboxylic acids is 2. The second kappa shape index (κ2) is 8.02. The molecule has 152 valence electrons. The highest BCUT2D eigenvalue weighted by molar-refractivity contribution is 5.94. The van der Waals surface area contributed by atoms with E-state index in [-0.39, 0.29) is 18.2 Å². The van der Waals surface area contributed by atoms with Crippen LogP contribution in [0.4, 0.5) is 0 Å². The van der Waals surface area contributed by atoms with E-state index in [1.54, 1.807) is 22.7 Å². The maximum atomic E-state index is 13.0. The summed E-state index contributed by atoms with van der Waals surface area (Å²) in [6.07, 6.45) is 5.37. The molecule has 3 aromatic rings. The quantitative estimate of drug-likeness (QED) is 0.701. The van der Waals surface area contributed by atoms with Crippen LogP contribution in [0.5, 0.6) is 0 Å². The van der Waals surface area contributed by atoms with Gasteiger partial charge in [0.2, 0.25) is 11.7 Å². The number of piperidine rings is 1. The van der Waals surface area contributed by atoms with Crippen LogP contribution < -0.4 is 5.32 Å². The van der Waals surface area contributed by atoms with Crippen molar-refractivity contribution in [3.05, 3.63) is 47.4 Å². The molecule has 1 aliphatic heterocycles. The maximum absolute atomic E-state index is 13.0. The number of aromatic nitrogens is 4. The van der Waals surface area contributed by atoms with Gasteiger partial charge < -0.3 is 14.7 Å². The van der Waals surface area contributed by atoms with Gasteiger partial charge in [0.15, 0.2) is 0 Å². The van der Waals surface area contributed by atoms with Crippen molar-refractivity contribution in [2.24, 2.45) is 5.92 Å². The average Bonchev–Trinajstić information content (AvgIpc) is 3.27. The second-order valence-corrected chi connectivity index (χ2v) is 7.49. The number of hydrogen-bond acceptors (Lipinski definition) is 6. The number of hydrogen-bond donors (Lipinski definition) is 1. The highest BCUT2D eigenvalue weighted by Gasteiger charge is 2.27. The van der Waals surface area contributed by atoms with Crippen LogP contribution in [0.3, 0.4) is 0 Å². The van der Waals surface area contributed by atoms with Gasteiger partial charge in [0.25, 0.3) is 5.91 Å². The number of imidazole rings is 1. The molecule has 1 fully saturated rings. The fourth-order valence-electron chi connectivity index (χ4n) is 3.72. The fraction of sp³-hybridized carbons (Fsp3) is 0.450. The smallest absolute Gasteiger partial charge is 0.272 e. The summed E-state index contributed by atoms with van der Waals surface area (Å²) in [7, 11) is 0. The lowest BCUT2D eigenvalue weighted by Gasteiger charge is -2.32. The lowest BCUT2D eigenvalue weighted by Crippen LogP contribution is -2.42. The van der Waals surface area contributed by atoms with E-state index in [0.29, 0.717) is 48.5 Å². The molecule has 0 aliphatic carbocycles. The Morgan fingerprint density at radius 3 is 2.79 bits per heavy atom. The number of amides is 2. The molecule has 29 heavy (non-hydrogen) atoms. The van der Waals surface area contributed by atoms with Crippen LogP contribution in [-0.4, -0.2) is 55.9 Å². The van der Waals surface area contributed by atoms with Crippen molar-refractivity contribution in [3.63, 3.8) is 0 Å². The van der Waals surface area contributed by atoms with Gasteiger partial charge in [0.1, 0.15) is 11.5 Å². The first-order valence-electron chi connectivity index (χ1n) is 9.79. The highest BCUT2D eigenvalue weighted by atomic mass is 16.5. The number of carbonyl (C=O) groups is 2. The Balaban J connectivity index is 1.29. The molecule has 0 spiro atoms. The molecule has 9 nitrogen and oxygen atoms in total. The summed E-state index contributed by atoms with van der Waals surface area (Å²) in [5, 5.41) is 6.75. The van der Waals surface area contributed by atoms with Crippen molar-refractivity contribution < 1.29 is 14.1 Å². The number of fused-ring (bicyclic) bond motifs is 1. The van der Waals surface area contributed by atoms with Crippen molar-refractivity contribution in [2.75, 3.05) is 19.6 Å². The average molecular weight is 396 g/mol. The molecule has 0 aromatic carbocycles. The van der Waals surface area contributed by atoms with Gasteiger partial charge in [-0.15, -0.1) is 0 Å². The van der Waals surface area contributed by atoms with E-state index in [1.807, 2.05) is 24.9 Å². The second-order valence-electron chi connectivity index (χ2n) is 7.49. The Morgan fingerprint density at radius 2 is 2.07 bits per heavy atom. The van der Waals surface area contributed by atoms with Gasteiger partial charge in [-0.2, -0.15) is 0 Å². The number of nitrogens with zero attached hydrogens (tertiary/aromatic N) is 5. The van der Waals surface area contributed by atoms with Crippen LogP contribution in [0, 0.1) is 19.8 Å². The first-order valence-corrected chi connectivity index (χ1v) is 9.79. The third kappa shape index (κ3) is 4.13. The van der Waals surface area contributed by atoms with E-state index >= 15 is 0 Å². The minimum Gasteiger partial charge on any atom is -0.361 e. The molecule has 1 N–H and O–H groups in total. The van der Waals surface area contributed by atoms with Gasteiger partial charge in [-0.3, -0.25) is 14.0 Å². The van der Waals surface area contributed by atoms with E-state index < -0.39 is 0 Å². The van der Waals surface area contributed by atoms with Crippen LogP contribution >= 0.6 is 0 Å². The summed E-state index contributed by atoms with van der Waals surface area (Å²) in [6.45, 7) is 5.58. The van der Waals surface area contributed by atoms with Gasteiger partial charge in [-0.1, -0.05) is 5.16 Å². The molecule has 1 aliphatic rings. The van der Waals surface area contributed by atoms with Gasteiger partial charge in [-0.05, 0) is 38.7 Å². The molecule has 0 saturated carbocycles. The normalized spacial score (nSPS) is 15.0. The largest absolute Gasteiger partial charge is 0.361 e. The molecule has 0 unspecified atom stereocenters. The summed E-state index contributed by atoms with van der Waals surface area (Å²) < 4.78 is 6.82. The number of aryl methyl sites for hydroxylation is 2. The topological polar surface area (TPSA) is 106 Å². The summed E-state index contributed by atoms with van der Waals surface area (Å²) in [4.78, 5) is 35.5. The van der Waals surface area contributed by atoms with Crippen molar-refractivity contribution >= 4 is 17.6 Å². The molecule has 3 aromatic heterocycles. The fourth-order valence-corrected chi connectivity index (χ4v) is 3.72. The Morgan fingerprint density at radius 1 is 1.28 bits per heavy atom. The first kappa shape index (κ1) is 19.1. The lowest BCUT2D eigenvalue weighted by molar-refractivity contribution is -0.121. The van der Waals surface area contributed by atoms with Crippen molar-refractivity contribution in [1.29, 1.82) is 0 Å². The van der Waals surface area contributed by atoms with Crippen LogP contribution in [0.15, 0.2) is 29.0 Å². The highest BCUT2D eigenvalue weighted by Crippen LogP contribution is 2.20. The molecule has 9 heteroatoms. The lowest BCUT2D eigenvalue weighted by atomic mass is 9.96. The molecule has 4 rings (SSSR count). The first-order chi connectivity index (χ1) is 14.0. The Hall–Kier alpha value is -3.23. The Bertz CT molecular complexity index is 1030.